The Morgan fingerprint density at radius 2 is 0.952 bits per heavy atom. The first-order valence-electron chi connectivity index (χ1n) is 6.91. The van der Waals surface area contributed by atoms with E-state index < -0.39 is 0 Å². The summed E-state index contributed by atoms with van der Waals surface area (Å²) in [5.74, 6) is 0.537. The van der Waals surface area contributed by atoms with Crippen LogP contribution in [0.4, 0.5) is 0 Å². The highest BCUT2D eigenvalue weighted by atomic mass is 32.2. The topological polar surface area (TPSA) is 64.5 Å². The Morgan fingerprint density at radius 3 is 1.24 bits per heavy atom. The summed E-state index contributed by atoms with van der Waals surface area (Å²) in [6.45, 7) is 4.56. The zero-order valence-corrected chi connectivity index (χ0v) is 12.6. The second-order valence-electron chi connectivity index (χ2n) is 4.59. The van der Waals surface area contributed by atoms with Crippen LogP contribution in [-0.4, -0.2) is 36.4 Å². The quantitative estimate of drug-likeness (QED) is 0.686. The lowest BCUT2D eigenvalue weighted by molar-refractivity contribution is 0.474. The Hall–Kier alpha value is -1.69. The van der Waals surface area contributed by atoms with E-state index >= 15 is 0 Å². The molecule has 0 amide bonds. The van der Waals surface area contributed by atoms with Crippen molar-refractivity contribution >= 4 is 11.8 Å². The Balaban J connectivity index is 0.000000225. The number of aromatic hydroxyl groups is 2. The Labute approximate surface area is 129 Å². The van der Waals surface area contributed by atoms with E-state index in [1.165, 1.54) is 0 Å². The average Bonchev–Trinajstić information content (AvgIpc) is 2.54. The average molecular weight is 304 g/mol. The van der Waals surface area contributed by atoms with E-state index in [1.54, 1.807) is 36.0 Å². The van der Waals surface area contributed by atoms with Crippen molar-refractivity contribution in [2.45, 2.75) is 9.79 Å². The van der Waals surface area contributed by atoms with E-state index in [4.69, 9.17) is 10.2 Å². The van der Waals surface area contributed by atoms with Gasteiger partial charge in [0, 0.05) is 36.0 Å². The number of rotatable bonds is 2. The lowest BCUT2D eigenvalue weighted by Gasteiger charge is -2.11. The number of phenols is 2. The van der Waals surface area contributed by atoms with Gasteiger partial charge in [0.05, 0.1) is 0 Å². The molecular formula is C16H20N2O2S. The molecule has 1 aliphatic rings. The fraction of sp³-hybridized carbons (Fsp3) is 0.250. The van der Waals surface area contributed by atoms with Crippen molar-refractivity contribution in [3.63, 3.8) is 0 Å². The number of phenolic OH excluding ortho intramolecular Hbond substituents is 2. The van der Waals surface area contributed by atoms with Crippen LogP contribution in [0.25, 0.3) is 0 Å². The molecule has 2 aromatic carbocycles. The van der Waals surface area contributed by atoms with Crippen molar-refractivity contribution < 1.29 is 10.2 Å². The maximum absolute atomic E-state index is 9.12. The van der Waals surface area contributed by atoms with Gasteiger partial charge in [-0.2, -0.15) is 0 Å². The summed E-state index contributed by atoms with van der Waals surface area (Å²) < 4.78 is 0. The Morgan fingerprint density at radius 1 is 0.619 bits per heavy atom. The van der Waals surface area contributed by atoms with Crippen molar-refractivity contribution in [2.24, 2.45) is 0 Å². The van der Waals surface area contributed by atoms with E-state index in [0.717, 1.165) is 36.0 Å². The molecule has 1 fully saturated rings. The number of hydrogen-bond donors (Lipinski definition) is 4. The molecule has 0 spiro atoms. The van der Waals surface area contributed by atoms with Gasteiger partial charge in [0.15, 0.2) is 0 Å². The van der Waals surface area contributed by atoms with Crippen LogP contribution in [0, 0.1) is 0 Å². The molecule has 112 valence electrons. The number of hydrogen-bond acceptors (Lipinski definition) is 5. The van der Waals surface area contributed by atoms with E-state index in [1.807, 2.05) is 24.3 Å². The minimum Gasteiger partial charge on any atom is -0.508 e. The second-order valence-corrected chi connectivity index (χ2v) is 5.74. The highest BCUT2D eigenvalue weighted by Gasteiger charge is 1.97. The third kappa shape index (κ3) is 6.08. The predicted octanol–water partition coefficient (Wildman–Crippen LogP) is 2.43. The normalized spacial score (nSPS) is 14.1. The molecule has 0 bridgehead atoms. The lowest BCUT2D eigenvalue weighted by atomic mass is 10.3. The monoisotopic (exact) mass is 304 g/mol. The van der Waals surface area contributed by atoms with E-state index in [9.17, 15) is 0 Å². The largest absolute Gasteiger partial charge is 0.508 e. The van der Waals surface area contributed by atoms with Crippen molar-refractivity contribution in [1.29, 1.82) is 0 Å². The molecule has 0 saturated carbocycles. The summed E-state index contributed by atoms with van der Waals surface area (Å²) in [7, 11) is 0. The molecule has 3 rings (SSSR count). The molecule has 1 heterocycles. The van der Waals surface area contributed by atoms with E-state index in [2.05, 4.69) is 10.6 Å². The summed E-state index contributed by atoms with van der Waals surface area (Å²) in [5, 5.41) is 24.7. The first-order chi connectivity index (χ1) is 10.2. The highest BCUT2D eigenvalue weighted by molar-refractivity contribution is 7.99. The summed E-state index contributed by atoms with van der Waals surface area (Å²) in [6, 6.07) is 14.0. The van der Waals surface area contributed by atoms with Gasteiger partial charge in [0.25, 0.3) is 0 Å². The Kier molecular flexibility index (Phi) is 6.40. The third-order valence-electron chi connectivity index (χ3n) is 2.87. The van der Waals surface area contributed by atoms with Crippen molar-refractivity contribution in [1.82, 2.24) is 10.6 Å². The maximum Gasteiger partial charge on any atom is 0.115 e. The van der Waals surface area contributed by atoms with Gasteiger partial charge >= 0.3 is 0 Å². The van der Waals surface area contributed by atoms with Crippen molar-refractivity contribution in [3.8, 4) is 11.5 Å². The molecule has 21 heavy (non-hydrogen) atoms. The predicted molar refractivity (Wildman–Crippen MR) is 86.1 cm³/mol. The van der Waals surface area contributed by atoms with E-state index in [0.29, 0.717) is 0 Å². The van der Waals surface area contributed by atoms with Crippen LogP contribution in [-0.2, 0) is 0 Å². The van der Waals surface area contributed by atoms with Crippen LogP contribution in [0.5, 0.6) is 11.5 Å². The van der Waals surface area contributed by atoms with E-state index in [-0.39, 0.29) is 11.5 Å². The van der Waals surface area contributed by atoms with Gasteiger partial charge in [-0.15, -0.1) is 0 Å². The number of benzene rings is 2. The van der Waals surface area contributed by atoms with Gasteiger partial charge in [-0.1, -0.05) is 11.8 Å². The zero-order chi connectivity index (χ0) is 14.9. The minimum atomic E-state index is 0.269. The number of nitrogens with one attached hydrogen (secondary N) is 2. The lowest BCUT2D eigenvalue weighted by Crippen LogP contribution is -2.39. The van der Waals surface area contributed by atoms with Crippen molar-refractivity contribution in [2.75, 3.05) is 26.2 Å². The van der Waals surface area contributed by atoms with Gasteiger partial charge in [-0.05, 0) is 48.5 Å². The summed E-state index contributed by atoms with van der Waals surface area (Å²) in [5.41, 5.74) is 0. The standard InChI is InChI=1S/C12H10O2S.C4H10N2/c13-9-1-5-11(6-2-9)15-12-7-3-10(14)4-8-12;1-2-6-4-3-5-1/h1-8,13-14H;5-6H,1-4H2. The molecule has 5 heteroatoms. The molecule has 1 aliphatic heterocycles. The summed E-state index contributed by atoms with van der Waals surface area (Å²) >= 11 is 1.58. The molecule has 1 saturated heterocycles. The van der Waals surface area contributed by atoms with Crippen LogP contribution in [0.15, 0.2) is 58.3 Å². The van der Waals surface area contributed by atoms with Gasteiger partial charge in [-0.3, -0.25) is 0 Å². The smallest absolute Gasteiger partial charge is 0.115 e. The molecule has 2 aromatic rings. The van der Waals surface area contributed by atoms with Gasteiger partial charge in [0.2, 0.25) is 0 Å². The SMILES string of the molecule is C1CNCCN1.Oc1ccc(Sc2ccc(O)cc2)cc1. The fourth-order valence-corrected chi connectivity index (χ4v) is 2.58. The molecule has 0 atom stereocenters. The van der Waals surface area contributed by atoms with Crippen molar-refractivity contribution in [3.05, 3.63) is 48.5 Å². The molecule has 0 unspecified atom stereocenters. The van der Waals surface area contributed by atoms with Crippen LogP contribution in [0.2, 0.25) is 0 Å². The molecule has 0 aliphatic carbocycles. The number of piperazine rings is 1. The fourth-order valence-electron chi connectivity index (χ4n) is 1.77. The van der Waals surface area contributed by atoms with Crippen LogP contribution < -0.4 is 10.6 Å². The van der Waals surface area contributed by atoms with Crippen LogP contribution in [0.3, 0.4) is 0 Å². The molecule has 4 nitrogen and oxygen atoms in total. The zero-order valence-electron chi connectivity index (χ0n) is 11.7. The van der Waals surface area contributed by atoms with Gasteiger partial charge < -0.3 is 20.8 Å². The van der Waals surface area contributed by atoms with Gasteiger partial charge in [-0.25, -0.2) is 0 Å². The third-order valence-corrected chi connectivity index (χ3v) is 3.88. The molecule has 0 aromatic heterocycles. The van der Waals surface area contributed by atoms with Gasteiger partial charge in [0.1, 0.15) is 11.5 Å². The summed E-state index contributed by atoms with van der Waals surface area (Å²) in [6.07, 6.45) is 0. The molecule has 4 N–H and O–H groups in total. The molecule has 0 radical (unpaired) electrons. The first kappa shape index (κ1) is 15.7. The maximum atomic E-state index is 9.12. The van der Waals surface area contributed by atoms with Crippen LogP contribution >= 0.6 is 11.8 Å². The molecular weight excluding hydrogens is 284 g/mol. The summed E-state index contributed by atoms with van der Waals surface area (Å²) in [4.78, 5) is 2.11. The minimum absolute atomic E-state index is 0.269. The highest BCUT2D eigenvalue weighted by Crippen LogP contribution is 2.29. The first-order valence-corrected chi connectivity index (χ1v) is 7.73. The van der Waals surface area contributed by atoms with Crippen LogP contribution in [0.1, 0.15) is 0 Å². The Bertz CT molecular complexity index is 470. The second kappa shape index (κ2) is 8.56.